The summed E-state index contributed by atoms with van der Waals surface area (Å²) in [5.41, 5.74) is 8.92. The molecule has 2 fully saturated rings. The number of hydrogen-bond acceptors (Lipinski definition) is 20. The average Bonchev–Trinajstić information content (AvgIpc) is 1.33. The van der Waals surface area contributed by atoms with Crippen molar-refractivity contribution in [3.05, 3.63) is 137 Å². The highest BCUT2D eigenvalue weighted by molar-refractivity contribution is 8.77. The van der Waals surface area contributed by atoms with Crippen molar-refractivity contribution in [2.75, 3.05) is 77.5 Å². The van der Waals surface area contributed by atoms with Crippen LogP contribution in [0.2, 0.25) is 0 Å². The molecule has 0 saturated carbocycles. The van der Waals surface area contributed by atoms with E-state index in [9.17, 15) is 58.2 Å². The summed E-state index contributed by atoms with van der Waals surface area (Å²) in [6.07, 6.45) is 5.26. The largest absolute Gasteiger partial charge is 0.493 e. The zero-order valence-corrected chi connectivity index (χ0v) is 61.9. The van der Waals surface area contributed by atoms with E-state index in [0.717, 1.165) is 26.5 Å². The fraction of sp³-hybridized carbons (Fsp3) is 0.474. The number of nitrogens with one attached hydrogen (secondary N) is 4. The number of imide groups is 1. The third kappa shape index (κ3) is 24.9. The standard InChI is InChI=1S/C76H98N8O18S2/c1-47(2)57(36-55(87)17-12-10-13-30-82-68(89)27-28-69(82)90)70(91)79-60(18-16-29-78-73(77)94)63(88)35-50-19-21-51(22-20-50)45-101-74(95)80-61-39-66(64(97-8)37-58(61)71(92)83-41-48(3)33-53(83)43-85)99-31-14-11-15-32-100-67-40-62(59(38-65(67)98-9)72(93)84-42-49(4)34-54(84)44-86)81-75(96)102-46-52-23-25-56(26-24-52)103-104-76(5,6)7/h19-28,37-40,47,53-54,57,60,85-86H,3-4,10-18,29-36,41-46H2,1-2,5-9H3,(H,79,91)(H,80,95)(H,81,96)(H3,77,78,94)/t53-,54-,57-,60-/m0/s1. The Morgan fingerprint density at radius 2 is 1.14 bits per heavy atom. The fourth-order valence-corrected chi connectivity index (χ4v) is 13.8. The van der Waals surface area contributed by atoms with Gasteiger partial charge in [-0.2, -0.15) is 0 Å². The number of anilines is 2. The number of likely N-dealkylation sites (tertiary alicyclic amines) is 2. The number of aliphatic hydroxyl groups excluding tert-OH is 2. The summed E-state index contributed by atoms with van der Waals surface area (Å²) in [5, 5.41) is 31.2. The monoisotopic (exact) mass is 1470 g/mol. The number of unbranched alkanes of at least 4 members (excludes halogenated alkanes) is 4. The van der Waals surface area contributed by atoms with Crippen molar-refractivity contribution < 1.29 is 86.6 Å². The molecular formula is C76H98N8O18S2. The first-order valence-electron chi connectivity index (χ1n) is 34.9. The van der Waals surface area contributed by atoms with Crippen LogP contribution in [0, 0.1) is 11.8 Å². The number of aliphatic hydroxyl groups is 2. The highest BCUT2D eigenvalue weighted by atomic mass is 33.1. The molecule has 26 nitrogen and oxygen atoms in total. The maximum absolute atomic E-state index is 14.3. The van der Waals surface area contributed by atoms with Gasteiger partial charge in [-0.1, -0.05) is 123 Å². The summed E-state index contributed by atoms with van der Waals surface area (Å²) in [7, 11) is 6.24. The van der Waals surface area contributed by atoms with Crippen molar-refractivity contribution in [3.63, 3.8) is 0 Å². The van der Waals surface area contributed by atoms with Crippen LogP contribution >= 0.6 is 21.6 Å². The topological polar surface area (TPSA) is 350 Å². The Bertz CT molecular complexity index is 3750. The summed E-state index contributed by atoms with van der Waals surface area (Å²) in [6.45, 7) is 18.3. The number of urea groups is 1. The quantitative estimate of drug-likeness (QED) is 0.00941. The number of carbonyl (C=O) groups excluding carboxylic acids is 10. The number of nitrogens with two attached hydrogens (primary N) is 1. The molecule has 2 saturated heterocycles. The second-order valence-electron chi connectivity index (χ2n) is 27.1. The fourth-order valence-electron chi connectivity index (χ4n) is 11.8. The van der Waals surface area contributed by atoms with E-state index >= 15 is 0 Å². The van der Waals surface area contributed by atoms with E-state index in [0.29, 0.717) is 68.9 Å². The number of primary amides is 1. The van der Waals surface area contributed by atoms with E-state index in [1.165, 1.54) is 60.4 Å². The minimum absolute atomic E-state index is 0.0257. The number of nitrogens with zero attached hydrogens (tertiary/aromatic N) is 3. The number of hydrogen-bond donors (Lipinski definition) is 7. The number of ether oxygens (including phenoxy) is 6. The molecule has 4 aromatic rings. The molecule has 0 bridgehead atoms. The molecule has 0 aromatic heterocycles. The molecule has 0 unspecified atom stereocenters. The van der Waals surface area contributed by atoms with Crippen molar-refractivity contribution in [2.45, 2.75) is 159 Å². The second kappa shape index (κ2) is 40.0. The molecule has 562 valence electrons. The Hall–Kier alpha value is -9.38. The van der Waals surface area contributed by atoms with Gasteiger partial charge >= 0.3 is 18.2 Å². The highest BCUT2D eigenvalue weighted by Crippen LogP contribution is 2.41. The van der Waals surface area contributed by atoms with Gasteiger partial charge in [0, 0.05) is 85.3 Å². The van der Waals surface area contributed by atoms with E-state index in [1.54, 1.807) is 45.9 Å². The van der Waals surface area contributed by atoms with Gasteiger partial charge in [-0.25, -0.2) is 14.4 Å². The SMILES string of the molecule is C=C1C[C@@H](CO)N(C(=O)c2cc(OC)c(OCCCCCOc3cc(NC(=O)OCc4ccc(SSC(C)(C)C)cc4)c(C(=O)N4CC(=C)C[C@H]4CO)cc3OC)cc2NC(=O)OCc2ccc(CC(=O)[C@H](CCCNC(N)=O)NC(=O)[C@@H](CC(=O)CCCCCN3C(=O)C=CC3=O)C(C)C)cc2)C1. The molecule has 3 aliphatic rings. The Balaban J connectivity index is 0.954. The zero-order valence-electron chi connectivity index (χ0n) is 60.3. The molecule has 7 rings (SSSR count). The van der Waals surface area contributed by atoms with Crippen molar-refractivity contribution in [2.24, 2.45) is 17.6 Å². The molecule has 9 amide bonds. The third-order valence-corrected chi connectivity index (χ3v) is 20.8. The van der Waals surface area contributed by atoms with E-state index < -0.39 is 60.0 Å². The van der Waals surface area contributed by atoms with Gasteiger partial charge in [0.25, 0.3) is 23.6 Å². The van der Waals surface area contributed by atoms with Gasteiger partial charge in [-0.15, -0.1) is 0 Å². The lowest BCUT2D eigenvalue weighted by atomic mass is 9.88. The van der Waals surface area contributed by atoms with Crippen LogP contribution in [0.5, 0.6) is 23.0 Å². The highest BCUT2D eigenvalue weighted by Gasteiger charge is 2.36. The van der Waals surface area contributed by atoms with Crippen LogP contribution in [0.15, 0.2) is 114 Å². The Morgan fingerprint density at radius 1 is 0.654 bits per heavy atom. The number of rotatable bonds is 40. The van der Waals surface area contributed by atoms with Crippen LogP contribution in [-0.4, -0.2) is 174 Å². The Morgan fingerprint density at radius 3 is 1.62 bits per heavy atom. The smallest absolute Gasteiger partial charge is 0.411 e. The summed E-state index contributed by atoms with van der Waals surface area (Å²) >= 11 is 0. The number of amides is 9. The summed E-state index contributed by atoms with van der Waals surface area (Å²) in [5.74, 6) is -2.78. The van der Waals surface area contributed by atoms with Crippen LogP contribution in [0.3, 0.4) is 0 Å². The summed E-state index contributed by atoms with van der Waals surface area (Å²) in [6, 6.07) is 17.5. The third-order valence-electron chi connectivity index (χ3n) is 17.5. The number of benzene rings is 4. The van der Waals surface area contributed by atoms with Crippen molar-refractivity contribution in [1.82, 2.24) is 25.3 Å². The molecule has 104 heavy (non-hydrogen) atoms. The van der Waals surface area contributed by atoms with Crippen molar-refractivity contribution in [1.29, 1.82) is 0 Å². The van der Waals surface area contributed by atoms with Gasteiger partial charge in [0.1, 0.15) is 19.0 Å². The van der Waals surface area contributed by atoms with Crippen LogP contribution in [0.1, 0.15) is 149 Å². The van der Waals surface area contributed by atoms with Gasteiger partial charge in [0.2, 0.25) is 5.91 Å². The first-order chi connectivity index (χ1) is 49.7. The van der Waals surface area contributed by atoms with E-state index in [4.69, 9.17) is 34.2 Å². The summed E-state index contributed by atoms with van der Waals surface area (Å²) in [4.78, 5) is 137. The molecule has 4 aromatic carbocycles. The van der Waals surface area contributed by atoms with Gasteiger partial charge in [-0.05, 0) is 105 Å². The minimum Gasteiger partial charge on any atom is -0.493 e. The molecule has 8 N–H and O–H groups in total. The second-order valence-corrected chi connectivity index (χ2v) is 30.2. The van der Waals surface area contributed by atoms with E-state index in [2.05, 4.69) is 55.2 Å². The lowest BCUT2D eigenvalue weighted by Crippen LogP contribution is -2.46. The summed E-state index contributed by atoms with van der Waals surface area (Å²) < 4.78 is 35.3. The lowest BCUT2D eigenvalue weighted by molar-refractivity contribution is -0.137. The number of Topliss-reactive ketones (excluding diaryl/α,β-unsaturated/α-hetero) is 2. The first-order valence-corrected chi connectivity index (χ1v) is 37.0. The molecule has 0 aliphatic carbocycles. The molecule has 3 aliphatic heterocycles. The number of methoxy groups -OCH3 is 2. The normalized spacial score (nSPS) is 15.6. The van der Waals surface area contributed by atoms with Crippen molar-refractivity contribution in [3.8, 4) is 23.0 Å². The maximum atomic E-state index is 14.3. The predicted octanol–water partition coefficient (Wildman–Crippen LogP) is 10.7. The van der Waals surface area contributed by atoms with Crippen LogP contribution in [0.4, 0.5) is 25.8 Å². The van der Waals surface area contributed by atoms with Crippen molar-refractivity contribution >= 4 is 92.3 Å². The first kappa shape index (κ1) is 81.9. The molecule has 4 atom stereocenters. The van der Waals surface area contributed by atoms with Crippen LogP contribution in [-0.2, 0) is 53.1 Å². The maximum Gasteiger partial charge on any atom is 0.411 e. The van der Waals surface area contributed by atoms with Gasteiger partial charge in [0.15, 0.2) is 28.8 Å². The minimum atomic E-state index is -0.979. The van der Waals surface area contributed by atoms with Crippen LogP contribution in [0.25, 0.3) is 0 Å². The Labute approximate surface area is 615 Å². The molecule has 28 heteroatoms. The van der Waals surface area contributed by atoms with E-state index in [1.807, 2.05) is 38.1 Å². The number of carbonyl (C=O) groups is 10. The lowest BCUT2D eigenvalue weighted by Gasteiger charge is -2.25. The molecule has 3 heterocycles. The Kier molecular flexibility index (Phi) is 31.5. The zero-order chi connectivity index (χ0) is 75.6. The van der Waals surface area contributed by atoms with Gasteiger partial charge in [-0.3, -0.25) is 49.1 Å². The molecule has 0 spiro atoms. The van der Waals surface area contributed by atoms with E-state index in [-0.39, 0.29) is 171 Å². The van der Waals surface area contributed by atoms with Gasteiger partial charge < -0.3 is 64.8 Å². The van der Waals surface area contributed by atoms with Crippen LogP contribution < -0.4 is 45.9 Å². The number of ketones is 2. The van der Waals surface area contributed by atoms with Gasteiger partial charge in [0.05, 0.1) is 81.3 Å². The molecular weight excluding hydrogens is 1380 g/mol. The predicted molar refractivity (Wildman–Crippen MR) is 396 cm³/mol. The molecule has 0 radical (unpaired) electrons. The average molecular weight is 1480 g/mol.